The summed E-state index contributed by atoms with van der Waals surface area (Å²) in [5.41, 5.74) is -2.92. The van der Waals surface area contributed by atoms with Gasteiger partial charge < -0.3 is 54.8 Å². The van der Waals surface area contributed by atoms with Crippen molar-refractivity contribution >= 4 is 51.2 Å². The Balaban J connectivity index is 1.58. The summed E-state index contributed by atoms with van der Waals surface area (Å²) in [6.07, 6.45) is 3.82. The number of phenolic OH excluding ortho intramolecular Hbond substituents is 3. The van der Waals surface area contributed by atoms with Gasteiger partial charge in [0, 0.05) is 61.2 Å². The molecule has 18 heteroatoms. The number of benzene rings is 3. The number of H-pyrrole nitrogens is 1. The van der Waals surface area contributed by atoms with Gasteiger partial charge in [0.2, 0.25) is 0 Å². The van der Waals surface area contributed by atoms with E-state index in [4.69, 9.17) is 18.9 Å². The number of methoxy groups -OCH3 is 1. The van der Waals surface area contributed by atoms with E-state index in [1.807, 2.05) is 0 Å². The van der Waals surface area contributed by atoms with Crippen LogP contribution in [0.25, 0.3) is 21.7 Å². The largest absolute Gasteiger partial charge is 0.507 e. The van der Waals surface area contributed by atoms with Crippen LogP contribution in [0.1, 0.15) is 70.0 Å². The van der Waals surface area contributed by atoms with Crippen LogP contribution in [-0.4, -0.2) is 96.4 Å². The molecule has 4 aromatic rings. The number of aliphatic hydroxyl groups excluding tert-OH is 2. The number of carbonyl (C=O) groups excluding carboxylic acids is 3. The first kappa shape index (κ1) is 46.7. The van der Waals surface area contributed by atoms with Gasteiger partial charge in [0.1, 0.15) is 23.4 Å². The zero-order valence-electron chi connectivity index (χ0n) is 36.7. The third-order valence-electron chi connectivity index (χ3n) is 12.1. The number of nitrogens with zero attached hydrogens (tertiary/aromatic N) is 2. The molecule has 3 aliphatic heterocycles. The summed E-state index contributed by atoms with van der Waals surface area (Å²) in [6.45, 7) is 12.1. The van der Waals surface area contributed by atoms with E-state index in [1.54, 1.807) is 45.9 Å². The molecule has 18 nitrogen and oxygen atoms in total. The minimum Gasteiger partial charge on any atom is -0.507 e. The number of esters is 1. The standard InChI is InChI=1S/C46H52N4O14/c1-20-13-12-14-21(2)43(58)49-34-28(19-47-50-44(59)27-15-10-11-16-29(27)48-45(50)60)38(55)31-32(39(34)56)37(54)25(6)41-33(31)42(57)46(8,64-41)62-18-17-30(61-9)22(3)40(63-26(7)51)24(5)36(53)23(4)35(20)52/h10-20,22-24,30,35-36,40,52-56H,1-9H3,(H,48,60)(H,49,58)/b13-12+,18-17+,21-14-,47-19+/t20-,22+,23+,24+,30-,35-,36+,40+,46-/m0/s1. The number of ketones is 1. The lowest BCUT2D eigenvalue weighted by Gasteiger charge is -2.38. The second-order valence-corrected chi connectivity index (χ2v) is 16.5. The highest BCUT2D eigenvalue weighted by molar-refractivity contribution is 6.23. The molecule has 0 spiro atoms. The molecule has 0 aliphatic carbocycles. The zero-order chi connectivity index (χ0) is 47.1. The number of nitrogens with one attached hydrogen (secondary N) is 2. The minimum atomic E-state index is -2.16. The molecule has 0 radical (unpaired) electrons. The first-order chi connectivity index (χ1) is 30.1. The molecule has 0 saturated heterocycles. The van der Waals surface area contributed by atoms with E-state index < -0.39 is 122 Å². The lowest BCUT2D eigenvalue weighted by molar-refractivity contribution is -0.160. The summed E-state index contributed by atoms with van der Waals surface area (Å²) < 4.78 is 24.0. The van der Waals surface area contributed by atoms with Gasteiger partial charge in [-0.3, -0.25) is 19.2 Å². The molecule has 64 heavy (non-hydrogen) atoms. The lowest BCUT2D eigenvalue weighted by atomic mass is 9.78. The summed E-state index contributed by atoms with van der Waals surface area (Å²) in [4.78, 5) is 69.7. The number of phenols is 3. The van der Waals surface area contributed by atoms with Crippen LogP contribution in [-0.2, 0) is 23.8 Å². The zero-order valence-corrected chi connectivity index (χ0v) is 36.7. The van der Waals surface area contributed by atoms with Gasteiger partial charge in [-0.05, 0) is 32.1 Å². The average molecular weight is 885 g/mol. The number of carbonyl (C=O) groups is 3. The molecule has 0 fully saturated rings. The summed E-state index contributed by atoms with van der Waals surface area (Å²) in [7, 11) is 1.40. The van der Waals surface area contributed by atoms with Crippen molar-refractivity contribution in [3.8, 4) is 23.0 Å². The fourth-order valence-electron chi connectivity index (χ4n) is 8.25. The number of aromatic amines is 1. The number of amides is 1. The van der Waals surface area contributed by atoms with Crippen LogP contribution in [0.4, 0.5) is 5.69 Å². The van der Waals surface area contributed by atoms with Crippen molar-refractivity contribution in [1.82, 2.24) is 9.66 Å². The fraction of sp³-hybridized carbons (Fsp3) is 0.391. The number of aromatic hydroxyl groups is 3. The smallest absolute Gasteiger partial charge is 0.349 e. The SMILES string of the molecule is CO[C@H]1/C=C/O[C@@]2(C)Oc3c(C)c(O)c4c(O)c(c(/C=N/n5c(=O)[nH]c6ccccc6c5=O)c(O)c4c3C2=O)NC(=O)/C(C)=C\C=C\[C@H](C)[C@H](O)[C@@H](C)[C@@H](O)[C@@H](C)[C@H](OC(C)=O)[C@@H]1C. The predicted octanol–water partition coefficient (Wildman–Crippen LogP) is 4.64. The monoisotopic (exact) mass is 884 g/mol. The van der Waals surface area contributed by atoms with E-state index in [1.165, 1.54) is 65.2 Å². The van der Waals surface area contributed by atoms with Gasteiger partial charge in [0.05, 0.1) is 63.9 Å². The minimum absolute atomic E-state index is 0.0444. The Hall–Kier alpha value is -6.76. The molecule has 3 aliphatic rings. The van der Waals surface area contributed by atoms with Crippen LogP contribution >= 0.6 is 0 Å². The van der Waals surface area contributed by atoms with Crippen molar-refractivity contribution in [2.45, 2.75) is 85.6 Å². The van der Waals surface area contributed by atoms with Crippen molar-refractivity contribution in [2.24, 2.45) is 28.8 Å². The predicted molar refractivity (Wildman–Crippen MR) is 236 cm³/mol. The van der Waals surface area contributed by atoms with Gasteiger partial charge in [0.15, 0.2) is 5.75 Å². The van der Waals surface area contributed by atoms with Gasteiger partial charge in [0.25, 0.3) is 17.2 Å². The van der Waals surface area contributed by atoms with E-state index in [2.05, 4.69) is 15.4 Å². The number of aliphatic hydroxyl groups is 2. The Morgan fingerprint density at radius 2 is 1.61 bits per heavy atom. The number of fused-ring (bicyclic) bond motifs is 15. The van der Waals surface area contributed by atoms with Crippen LogP contribution in [0.5, 0.6) is 23.0 Å². The van der Waals surface area contributed by atoms with Crippen molar-refractivity contribution in [3.05, 3.63) is 97.9 Å². The summed E-state index contributed by atoms with van der Waals surface area (Å²) in [6, 6.07) is 6.17. The highest BCUT2D eigenvalue weighted by Crippen LogP contribution is 2.55. The van der Waals surface area contributed by atoms with Gasteiger partial charge in [-0.25, -0.2) is 4.79 Å². The van der Waals surface area contributed by atoms with Gasteiger partial charge >= 0.3 is 17.4 Å². The van der Waals surface area contributed by atoms with E-state index in [0.29, 0.717) is 4.68 Å². The molecule has 9 atom stereocenters. The van der Waals surface area contributed by atoms with Crippen LogP contribution < -0.4 is 21.3 Å². The molecule has 3 aromatic carbocycles. The molecule has 1 amide bonds. The number of aromatic nitrogens is 2. The normalized spacial score (nSPS) is 28.7. The molecule has 1 aromatic heterocycles. The van der Waals surface area contributed by atoms with E-state index in [0.717, 1.165) is 12.5 Å². The maximum atomic E-state index is 14.5. The maximum Gasteiger partial charge on any atom is 0.349 e. The molecule has 340 valence electrons. The quantitative estimate of drug-likeness (QED) is 0.0637. The maximum absolute atomic E-state index is 14.5. The highest BCUT2D eigenvalue weighted by Gasteiger charge is 2.50. The molecular formula is C46H52N4O14. The number of hydrogen-bond donors (Lipinski definition) is 7. The number of ether oxygens (including phenoxy) is 4. The number of allylic oxidation sites excluding steroid dienone is 2. The van der Waals surface area contributed by atoms with Crippen molar-refractivity contribution in [2.75, 3.05) is 12.4 Å². The number of Topliss-reactive ketones (excluding diaryl/α,β-unsaturated/α-hetero) is 1. The fourth-order valence-corrected chi connectivity index (χ4v) is 8.25. The number of anilines is 1. The van der Waals surface area contributed by atoms with E-state index in [9.17, 15) is 49.5 Å². The Morgan fingerprint density at radius 3 is 2.28 bits per heavy atom. The van der Waals surface area contributed by atoms with Crippen LogP contribution in [0.3, 0.4) is 0 Å². The second kappa shape index (κ2) is 18.1. The molecule has 4 heterocycles. The summed E-state index contributed by atoms with van der Waals surface area (Å²) in [5, 5.41) is 64.4. The molecular weight excluding hydrogens is 833 g/mol. The van der Waals surface area contributed by atoms with Gasteiger partial charge in [-0.2, -0.15) is 5.10 Å². The molecule has 7 rings (SSSR count). The van der Waals surface area contributed by atoms with Crippen LogP contribution in [0.2, 0.25) is 0 Å². The Morgan fingerprint density at radius 1 is 0.922 bits per heavy atom. The number of hydrogen-bond acceptors (Lipinski definition) is 15. The lowest BCUT2D eigenvalue weighted by Crippen LogP contribution is -2.46. The number of rotatable bonds is 4. The summed E-state index contributed by atoms with van der Waals surface area (Å²) >= 11 is 0. The summed E-state index contributed by atoms with van der Waals surface area (Å²) in [5.74, 6) is -9.72. The molecule has 0 unspecified atom stereocenters. The van der Waals surface area contributed by atoms with Gasteiger partial charge in [-0.15, -0.1) is 4.68 Å². The Labute approximate surface area is 366 Å². The molecule has 0 saturated carbocycles. The Kier molecular flexibility index (Phi) is 13.3. The van der Waals surface area contributed by atoms with Crippen LogP contribution in [0, 0.1) is 30.6 Å². The highest BCUT2D eigenvalue weighted by atomic mass is 16.7. The Bertz CT molecular complexity index is 2790. The first-order valence-electron chi connectivity index (χ1n) is 20.5. The molecule has 7 N–H and O–H groups in total. The third-order valence-corrected chi connectivity index (χ3v) is 12.1. The number of para-hydroxylation sites is 1. The third kappa shape index (κ3) is 8.38. The van der Waals surface area contributed by atoms with E-state index >= 15 is 0 Å². The first-order valence-corrected chi connectivity index (χ1v) is 20.5. The van der Waals surface area contributed by atoms with Crippen LogP contribution in [0.15, 0.2) is 75.1 Å². The topological polar surface area (TPSA) is 269 Å². The van der Waals surface area contributed by atoms with Crippen molar-refractivity contribution < 1.29 is 58.9 Å². The van der Waals surface area contributed by atoms with Crippen molar-refractivity contribution in [3.63, 3.8) is 0 Å². The molecule has 5 bridgehead atoms. The second-order valence-electron chi connectivity index (χ2n) is 16.5. The average Bonchev–Trinajstić information content (AvgIpc) is 3.52. The van der Waals surface area contributed by atoms with Gasteiger partial charge in [-0.1, -0.05) is 58.1 Å². The van der Waals surface area contributed by atoms with E-state index in [-0.39, 0.29) is 33.4 Å². The van der Waals surface area contributed by atoms with Crippen molar-refractivity contribution in [1.29, 1.82) is 0 Å².